The molecule has 2 nitrogen and oxygen atoms in total. The van der Waals surface area contributed by atoms with Crippen molar-refractivity contribution in [1.29, 1.82) is 0 Å². The highest BCUT2D eigenvalue weighted by atomic mass is 19.4. The summed E-state index contributed by atoms with van der Waals surface area (Å²) >= 11 is 0. The van der Waals surface area contributed by atoms with Gasteiger partial charge in [0.1, 0.15) is 7.11 Å². The number of ether oxygens (including phenoxy) is 1. The van der Waals surface area contributed by atoms with Gasteiger partial charge in [-0.3, -0.25) is 0 Å². The van der Waals surface area contributed by atoms with E-state index in [1.165, 1.54) is 6.07 Å². The standard InChI is InChI=1S/C9H6F3O2/c1-14-8(13)6-3-2-4-7(5-6)9(10,11)12/h2-5H,1H2. The molecule has 1 rings (SSSR count). The highest BCUT2D eigenvalue weighted by molar-refractivity contribution is 5.89. The van der Waals surface area contributed by atoms with Crippen LogP contribution in [0.1, 0.15) is 15.9 Å². The van der Waals surface area contributed by atoms with E-state index in [-0.39, 0.29) is 5.56 Å². The van der Waals surface area contributed by atoms with E-state index >= 15 is 0 Å². The van der Waals surface area contributed by atoms with Crippen molar-refractivity contribution in [3.8, 4) is 0 Å². The molecule has 0 bridgehead atoms. The largest absolute Gasteiger partial charge is 0.458 e. The van der Waals surface area contributed by atoms with Crippen LogP contribution in [0, 0.1) is 7.11 Å². The smallest absolute Gasteiger partial charge is 0.416 e. The van der Waals surface area contributed by atoms with Gasteiger partial charge in [-0.2, -0.15) is 13.2 Å². The summed E-state index contributed by atoms with van der Waals surface area (Å²) < 4.78 is 40.6. The van der Waals surface area contributed by atoms with Gasteiger partial charge in [0.25, 0.3) is 0 Å². The van der Waals surface area contributed by atoms with Crippen LogP contribution in [0.2, 0.25) is 0 Å². The van der Waals surface area contributed by atoms with Crippen molar-refractivity contribution in [2.24, 2.45) is 0 Å². The maximum absolute atomic E-state index is 12.2. The van der Waals surface area contributed by atoms with Crippen molar-refractivity contribution in [1.82, 2.24) is 0 Å². The summed E-state index contributed by atoms with van der Waals surface area (Å²) in [4.78, 5) is 10.8. The Morgan fingerprint density at radius 1 is 1.36 bits per heavy atom. The lowest BCUT2D eigenvalue weighted by Crippen LogP contribution is -2.07. The van der Waals surface area contributed by atoms with Crippen molar-refractivity contribution in [2.75, 3.05) is 0 Å². The molecule has 14 heavy (non-hydrogen) atoms. The van der Waals surface area contributed by atoms with Crippen LogP contribution >= 0.6 is 0 Å². The lowest BCUT2D eigenvalue weighted by atomic mass is 10.1. The average Bonchev–Trinajstić information content (AvgIpc) is 2.15. The molecule has 0 aliphatic heterocycles. The molecular formula is C9H6F3O2. The lowest BCUT2D eigenvalue weighted by Gasteiger charge is -2.07. The van der Waals surface area contributed by atoms with Gasteiger partial charge in [0, 0.05) is 0 Å². The fraction of sp³-hybridized carbons (Fsp3) is 0.111. The maximum Gasteiger partial charge on any atom is 0.416 e. The highest BCUT2D eigenvalue weighted by Crippen LogP contribution is 2.29. The number of hydrogen-bond acceptors (Lipinski definition) is 2. The predicted octanol–water partition coefficient (Wildman–Crippen LogP) is 2.65. The molecule has 1 aromatic rings. The second kappa shape index (κ2) is 3.69. The summed E-state index contributed by atoms with van der Waals surface area (Å²) in [5.74, 6) is -0.893. The molecule has 0 heterocycles. The topological polar surface area (TPSA) is 26.3 Å². The molecule has 0 saturated carbocycles. The van der Waals surface area contributed by atoms with Gasteiger partial charge in [-0.1, -0.05) is 6.07 Å². The van der Waals surface area contributed by atoms with Gasteiger partial charge >= 0.3 is 12.1 Å². The molecule has 1 radical (unpaired) electrons. The number of halogens is 3. The first-order chi connectivity index (χ1) is 6.45. The number of carbonyl (C=O) groups excluding carboxylic acids is 1. The average molecular weight is 203 g/mol. The van der Waals surface area contributed by atoms with E-state index in [9.17, 15) is 18.0 Å². The zero-order valence-corrected chi connectivity index (χ0v) is 6.97. The minimum Gasteiger partial charge on any atom is -0.458 e. The zero-order valence-electron chi connectivity index (χ0n) is 6.97. The first kappa shape index (κ1) is 10.6. The van der Waals surface area contributed by atoms with Crippen LogP contribution in [0.25, 0.3) is 0 Å². The third kappa shape index (κ3) is 2.25. The molecule has 0 atom stereocenters. The first-order valence-electron chi connectivity index (χ1n) is 3.59. The minimum atomic E-state index is -4.46. The van der Waals surface area contributed by atoms with E-state index in [1.807, 2.05) is 0 Å². The van der Waals surface area contributed by atoms with E-state index in [4.69, 9.17) is 0 Å². The third-order valence-electron chi connectivity index (χ3n) is 1.56. The van der Waals surface area contributed by atoms with Crippen LogP contribution in [0.3, 0.4) is 0 Å². The number of esters is 1. The van der Waals surface area contributed by atoms with Gasteiger partial charge in [-0.25, -0.2) is 4.79 Å². The van der Waals surface area contributed by atoms with Gasteiger partial charge in [0.05, 0.1) is 11.1 Å². The van der Waals surface area contributed by atoms with Crippen molar-refractivity contribution in [2.45, 2.75) is 6.18 Å². The maximum atomic E-state index is 12.2. The lowest BCUT2D eigenvalue weighted by molar-refractivity contribution is -0.137. The Hall–Kier alpha value is -1.52. The van der Waals surface area contributed by atoms with Crippen LogP contribution in [-0.4, -0.2) is 5.97 Å². The second-order valence-corrected chi connectivity index (χ2v) is 2.51. The number of benzene rings is 1. The van der Waals surface area contributed by atoms with Crippen molar-refractivity contribution >= 4 is 5.97 Å². The van der Waals surface area contributed by atoms with Crippen LogP contribution < -0.4 is 0 Å². The van der Waals surface area contributed by atoms with Gasteiger partial charge in [0.2, 0.25) is 0 Å². The van der Waals surface area contributed by atoms with Crippen LogP contribution in [0.4, 0.5) is 13.2 Å². The van der Waals surface area contributed by atoms with Gasteiger partial charge in [0.15, 0.2) is 0 Å². The second-order valence-electron chi connectivity index (χ2n) is 2.51. The Labute approximate surface area is 78.3 Å². The number of carbonyl (C=O) groups is 1. The SMILES string of the molecule is [CH2]OC(=O)c1cccc(C(F)(F)F)c1. The summed E-state index contributed by atoms with van der Waals surface area (Å²) in [6, 6.07) is 3.95. The fourth-order valence-corrected chi connectivity index (χ4v) is 0.906. The van der Waals surface area contributed by atoms with Crippen molar-refractivity contribution in [3.05, 3.63) is 42.5 Å². The summed E-state index contributed by atoms with van der Waals surface area (Å²) in [6.07, 6.45) is -4.46. The summed E-state index contributed by atoms with van der Waals surface area (Å²) in [5.41, 5.74) is -1.06. The molecule has 0 aliphatic rings. The van der Waals surface area contributed by atoms with Crippen molar-refractivity contribution < 1.29 is 22.7 Å². The monoisotopic (exact) mass is 203 g/mol. The summed E-state index contributed by atoms with van der Waals surface area (Å²) in [7, 11) is 2.82. The molecule has 0 amide bonds. The Morgan fingerprint density at radius 2 is 2.00 bits per heavy atom. The van der Waals surface area contributed by atoms with Gasteiger partial charge in [-0.15, -0.1) is 0 Å². The number of alkyl halides is 3. The molecule has 0 aromatic heterocycles. The molecule has 0 unspecified atom stereocenters. The third-order valence-corrected chi connectivity index (χ3v) is 1.56. The van der Waals surface area contributed by atoms with E-state index < -0.39 is 17.7 Å². The highest BCUT2D eigenvalue weighted by Gasteiger charge is 2.30. The Kier molecular flexibility index (Phi) is 2.78. The normalized spacial score (nSPS) is 11.1. The van der Waals surface area contributed by atoms with Crippen molar-refractivity contribution in [3.63, 3.8) is 0 Å². The molecular weight excluding hydrogens is 197 g/mol. The molecule has 0 fully saturated rings. The molecule has 0 spiro atoms. The molecule has 0 N–H and O–H groups in total. The van der Waals surface area contributed by atoms with E-state index in [1.54, 1.807) is 0 Å². The molecule has 0 saturated heterocycles. The minimum absolute atomic E-state index is 0.171. The van der Waals surface area contributed by atoms with Crippen LogP contribution in [0.5, 0.6) is 0 Å². The Morgan fingerprint density at radius 3 is 2.50 bits per heavy atom. The first-order valence-corrected chi connectivity index (χ1v) is 3.59. The fourth-order valence-electron chi connectivity index (χ4n) is 0.906. The quantitative estimate of drug-likeness (QED) is 0.656. The summed E-state index contributed by atoms with van der Waals surface area (Å²) in [5, 5.41) is 0. The summed E-state index contributed by atoms with van der Waals surface area (Å²) in [6.45, 7) is 0. The number of hydrogen-bond donors (Lipinski definition) is 0. The number of rotatable bonds is 1. The molecule has 0 aliphatic carbocycles. The Bertz CT molecular complexity index is 344. The Balaban J connectivity index is 3.08. The predicted molar refractivity (Wildman–Crippen MR) is 42.2 cm³/mol. The molecule has 1 aromatic carbocycles. The van der Waals surface area contributed by atoms with E-state index in [0.717, 1.165) is 12.1 Å². The zero-order chi connectivity index (χ0) is 10.8. The van der Waals surface area contributed by atoms with E-state index in [0.29, 0.717) is 6.07 Å². The van der Waals surface area contributed by atoms with Gasteiger partial charge in [-0.05, 0) is 18.2 Å². The molecule has 75 valence electrons. The van der Waals surface area contributed by atoms with Gasteiger partial charge < -0.3 is 4.74 Å². The molecule has 5 heteroatoms. The van der Waals surface area contributed by atoms with Crippen LogP contribution in [-0.2, 0) is 10.9 Å². The van der Waals surface area contributed by atoms with E-state index in [2.05, 4.69) is 11.8 Å². The van der Waals surface area contributed by atoms with Crippen LogP contribution in [0.15, 0.2) is 24.3 Å².